The highest BCUT2D eigenvalue weighted by Gasteiger charge is 2.18. The summed E-state index contributed by atoms with van der Waals surface area (Å²) in [6, 6.07) is 6.11. The highest BCUT2D eigenvalue weighted by Crippen LogP contribution is 2.25. The number of ether oxygens (including phenoxy) is 1. The summed E-state index contributed by atoms with van der Waals surface area (Å²) in [6.45, 7) is 3.54. The van der Waals surface area contributed by atoms with Crippen LogP contribution in [-0.4, -0.2) is 17.6 Å². The molecule has 3 nitrogen and oxygen atoms in total. The van der Waals surface area contributed by atoms with Crippen molar-refractivity contribution in [2.45, 2.75) is 13.8 Å². The minimum absolute atomic E-state index is 0.330. The summed E-state index contributed by atoms with van der Waals surface area (Å²) in [4.78, 5) is 11.6. The van der Waals surface area contributed by atoms with Gasteiger partial charge in [0.25, 0.3) is 0 Å². The van der Waals surface area contributed by atoms with Crippen LogP contribution in [0, 0.1) is 19.7 Å². The van der Waals surface area contributed by atoms with E-state index in [0.717, 1.165) is 5.69 Å². The Labute approximate surface area is 115 Å². The lowest BCUT2D eigenvalue weighted by molar-refractivity contribution is 0.0600. The van der Waals surface area contributed by atoms with Gasteiger partial charge >= 0.3 is 5.97 Å². The summed E-state index contributed by atoms with van der Waals surface area (Å²) in [5.41, 5.74) is 2.16. The molecule has 0 saturated carbocycles. The van der Waals surface area contributed by atoms with E-state index in [1.807, 2.05) is 0 Å². The molecule has 0 atom stereocenters. The van der Waals surface area contributed by atoms with Gasteiger partial charge in [-0.25, -0.2) is 9.18 Å². The fourth-order valence-electron chi connectivity index (χ4n) is 2.11. The van der Waals surface area contributed by atoms with Crippen LogP contribution in [0.3, 0.4) is 0 Å². The molecule has 0 spiro atoms. The number of benzene rings is 1. The Balaban J connectivity index is 2.63. The summed E-state index contributed by atoms with van der Waals surface area (Å²) in [5, 5.41) is 0.330. The van der Waals surface area contributed by atoms with Crippen molar-refractivity contribution in [1.29, 1.82) is 0 Å². The number of nitrogens with zero attached hydrogens (tertiary/aromatic N) is 1. The van der Waals surface area contributed by atoms with Gasteiger partial charge < -0.3 is 9.30 Å². The van der Waals surface area contributed by atoms with E-state index >= 15 is 0 Å². The molecule has 5 heteroatoms. The van der Waals surface area contributed by atoms with Gasteiger partial charge in [-0.2, -0.15) is 0 Å². The van der Waals surface area contributed by atoms with Gasteiger partial charge in [-0.1, -0.05) is 11.6 Å². The normalized spacial score (nSPS) is 10.6. The second-order valence-corrected chi connectivity index (χ2v) is 4.64. The van der Waals surface area contributed by atoms with Crippen LogP contribution < -0.4 is 0 Å². The second-order valence-electron chi connectivity index (χ2n) is 4.21. The first-order valence-electron chi connectivity index (χ1n) is 5.68. The predicted molar refractivity (Wildman–Crippen MR) is 71.6 cm³/mol. The van der Waals surface area contributed by atoms with E-state index in [1.165, 1.54) is 13.2 Å². The summed E-state index contributed by atoms with van der Waals surface area (Å²) in [6.07, 6.45) is 0. The fourth-order valence-corrected chi connectivity index (χ4v) is 2.27. The third kappa shape index (κ3) is 2.36. The molecule has 0 unspecified atom stereocenters. The van der Waals surface area contributed by atoms with Gasteiger partial charge in [0.2, 0.25) is 0 Å². The molecule has 1 aromatic heterocycles. The van der Waals surface area contributed by atoms with E-state index in [1.54, 1.807) is 36.6 Å². The zero-order chi connectivity index (χ0) is 14.2. The average molecular weight is 282 g/mol. The number of methoxy groups -OCH3 is 1. The van der Waals surface area contributed by atoms with Crippen molar-refractivity contribution in [3.63, 3.8) is 0 Å². The number of hydrogen-bond acceptors (Lipinski definition) is 2. The van der Waals surface area contributed by atoms with E-state index in [2.05, 4.69) is 0 Å². The van der Waals surface area contributed by atoms with E-state index in [4.69, 9.17) is 16.3 Å². The van der Waals surface area contributed by atoms with E-state index in [-0.39, 0.29) is 0 Å². The van der Waals surface area contributed by atoms with E-state index in [9.17, 15) is 9.18 Å². The van der Waals surface area contributed by atoms with Crippen molar-refractivity contribution >= 4 is 17.6 Å². The van der Waals surface area contributed by atoms with Crippen molar-refractivity contribution in [3.8, 4) is 5.69 Å². The lowest BCUT2D eigenvalue weighted by Crippen LogP contribution is -2.05. The number of halogens is 2. The minimum atomic E-state index is -0.439. The van der Waals surface area contributed by atoms with Gasteiger partial charge in [-0.3, -0.25) is 0 Å². The van der Waals surface area contributed by atoms with Crippen molar-refractivity contribution in [3.05, 3.63) is 52.1 Å². The minimum Gasteiger partial charge on any atom is -0.465 e. The first-order chi connectivity index (χ1) is 8.95. The summed E-state index contributed by atoms with van der Waals surface area (Å²) in [7, 11) is 1.32. The van der Waals surface area contributed by atoms with Crippen LogP contribution in [0.2, 0.25) is 5.02 Å². The predicted octanol–water partition coefficient (Wildman–Crippen LogP) is 3.67. The Bertz CT molecular complexity index is 649. The Morgan fingerprint density at radius 3 is 2.58 bits per heavy atom. The van der Waals surface area contributed by atoms with Crippen LogP contribution in [0.4, 0.5) is 4.39 Å². The Morgan fingerprint density at radius 2 is 2.00 bits per heavy atom. The van der Waals surface area contributed by atoms with Crippen LogP contribution in [-0.2, 0) is 4.74 Å². The molecule has 0 saturated heterocycles. The molecule has 2 rings (SSSR count). The first-order valence-corrected chi connectivity index (χ1v) is 6.06. The molecule has 0 aliphatic carbocycles. The van der Waals surface area contributed by atoms with Gasteiger partial charge in [-0.05, 0) is 38.1 Å². The van der Waals surface area contributed by atoms with Crippen molar-refractivity contribution in [2.75, 3.05) is 7.11 Å². The number of rotatable bonds is 2. The molecular weight excluding hydrogens is 269 g/mol. The molecule has 0 aliphatic rings. The number of hydrogen-bond donors (Lipinski definition) is 0. The number of aromatic nitrogens is 1. The molecule has 0 aliphatic heterocycles. The van der Waals surface area contributed by atoms with E-state index < -0.39 is 11.8 Å². The lowest BCUT2D eigenvalue weighted by Gasteiger charge is -2.11. The fraction of sp³-hybridized carbons (Fsp3) is 0.214. The lowest BCUT2D eigenvalue weighted by atomic mass is 10.2. The van der Waals surface area contributed by atoms with Crippen molar-refractivity contribution in [2.24, 2.45) is 0 Å². The molecule has 0 bridgehead atoms. The maximum atomic E-state index is 14.0. The summed E-state index contributed by atoms with van der Waals surface area (Å²) < 4.78 is 20.3. The highest BCUT2D eigenvalue weighted by atomic mass is 35.5. The van der Waals surface area contributed by atoms with Gasteiger partial charge in [0, 0.05) is 16.4 Å². The number of aryl methyl sites for hydroxylation is 1. The third-order valence-corrected chi connectivity index (χ3v) is 3.22. The third-order valence-electron chi connectivity index (χ3n) is 2.99. The van der Waals surface area contributed by atoms with Crippen molar-refractivity contribution in [1.82, 2.24) is 4.57 Å². The molecule has 0 fully saturated rings. The second kappa shape index (κ2) is 5.05. The molecule has 0 amide bonds. The van der Waals surface area contributed by atoms with Crippen LogP contribution >= 0.6 is 11.6 Å². The maximum Gasteiger partial charge on any atom is 0.339 e. The zero-order valence-electron chi connectivity index (χ0n) is 10.8. The summed E-state index contributed by atoms with van der Waals surface area (Å²) >= 11 is 5.74. The Hall–Kier alpha value is -1.81. The average Bonchev–Trinajstić information content (AvgIpc) is 2.65. The molecule has 1 heterocycles. The molecule has 1 aromatic carbocycles. The maximum absolute atomic E-state index is 14.0. The molecular formula is C14H13ClFNO2. The number of esters is 1. The van der Waals surface area contributed by atoms with E-state index in [0.29, 0.717) is 22.0 Å². The molecule has 19 heavy (non-hydrogen) atoms. The summed E-state index contributed by atoms with van der Waals surface area (Å²) in [5.74, 6) is -0.876. The molecule has 2 aromatic rings. The smallest absolute Gasteiger partial charge is 0.339 e. The van der Waals surface area contributed by atoms with Crippen molar-refractivity contribution < 1.29 is 13.9 Å². The first kappa shape index (κ1) is 13.6. The molecule has 0 radical (unpaired) electrons. The zero-order valence-corrected chi connectivity index (χ0v) is 11.6. The van der Waals surface area contributed by atoms with Crippen LogP contribution in [0.15, 0.2) is 24.3 Å². The quantitative estimate of drug-likeness (QED) is 0.787. The molecule has 100 valence electrons. The monoisotopic (exact) mass is 281 g/mol. The van der Waals surface area contributed by atoms with Gasteiger partial charge in [0.1, 0.15) is 5.82 Å². The van der Waals surface area contributed by atoms with Crippen LogP contribution in [0.25, 0.3) is 5.69 Å². The standard InChI is InChI=1S/C14H13ClFNO2/c1-8-6-11(14(18)19-3)9(2)17(8)13-5-4-10(15)7-12(13)16/h4-7H,1-3H3. The topological polar surface area (TPSA) is 31.2 Å². The largest absolute Gasteiger partial charge is 0.465 e. The van der Waals surface area contributed by atoms with Gasteiger partial charge in [-0.15, -0.1) is 0 Å². The number of carbonyl (C=O) groups is 1. The van der Waals surface area contributed by atoms with Crippen LogP contribution in [0.5, 0.6) is 0 Å². The highest BCUT2D eigenvalue weighted by molar-refractivity contribution is 6.30. The van der Waals surface area contributed by atoms with Gasteiger partial charge in [0.15, 0.2) is 0 Å². The van der Waals surface area contributed by atoms with Crippen LogP contribution in [0.1, 0.15) is 21.7 Å². The van der Waals surface area contributed by atoms with Gasteiger partial charge in [0.05, 0.1) is 18.4 Å². The molecule has 0 N–H and O–H groups in total. The number of carbonyl (C=O) groups excluding carboxylic acids is 1. The Morgan fingerprint density at radius 1 is 1.32 bits per heavy atom. The Kier molecular flexibility index (Phi) is 3.62. The SMILES string of the molecule is COC(=O)c1cc(C)n(-c2ccc(Cl)cc2F)c1C.